The molecule has 0 unspecified atom stereocenters. The van der Waals surface area contributed by atoms with Crippen LogP contribution in [0.5, 0.6) is 11.5 Å². The van der Waals surface area contributed by atoms with Crippen LogP contribution < -0.4 is 10.1 Å². The highest BCUT2D eigenvalue weighted by molar-refractivity contribution is 5.30. The monoisotopic (exact) mass is 293 g/mol. The standard InChI is InChI=1S/C16H17F2NO2/c1-21-13-4-2-3-11(7-13)5-6-19-10-12-8-14(17)16(20)15(18)9-12/h2-4,7-9,19-20H,5-6,10H2,1H3. The van der Waals surface area contributed by atoms with E-state index in [4.69, 9.17) is 9.84 Å². The van der Waals surface area contributed by atoms with Crippen LogP contribution in [0.25, 0.3) is 0 Å². The molecular formula is C16H17F2NO2. The second-order valence-corrected chi connectivity index (χ2v) is 4.69. The molecule has 0 spiro atoms. The van der Waals surface area contributed by atoms with E-state index in [1.54, 1.807) is 7.11 Å². The predicted molar refractivity (Wildman–Crippen MR) is 76.4 cm³/mol. The first-order valence-corrected chi connectivity index (χ1v) is 6.60. The lowest BCUT2D eigenvalue weighted by Gasteiger charge is -2.07. The molecule has 0 radical (unpaired) electrons. The van der Waals surface area contributed by atoms with Gasteiger partial charge in [-0.25, -0.2) is 8.78 Å². The van der Waals surface area contributed by atoms with E-state index in [2.05, 4.69) is 5.32 Å². The van der Waals surface area contributed by atoms with Crippen LogP contribution in [0.1, 0.15) is 11.1 Å². The minimum absolute atomic E-state index is 0.331. The van der Waals surface area contributed by atoms with Crippen LogP contribution in [-0.2, 0) is 13.0 Å². The Morgan fingerprint density at radius 2 is 1.81 bits per heavy atom. The largest absolute Gasteiger partial charge is 0.503 e. The molecule has 0 fully saturated rings. The van der Waals surface area contributed by atoms with Gasteiger partial charge < -0.3 is 15.2 Å². The van der Waals surface area contributed by atoms with E-state index in [0.717, 1.165) is 29.9 Å². The highest BCUT2D eigenvalue weighted by atomic mass is 19.1. The lowest BCUT2D eigenvalue weighted by molar-refractivity contribution is 0.395. The van der Waals surface area contributed by atoms with Crippen LogP contribution in [0.15, 0.2) is 36.4 Å². The molecule has 0 aliphatic carbocycles. The quantitative estimate of drug-likeness (QED) is 0.804. The number of ether oxygens (including phenoxy) is 1. The second-order valence-electron chi connectivity index (χ2n) is 4.69. The summed E-state index contributed by atoms with van der Waals surface area (Å²) >= 11 is 0. The summed E-state index contributed by atoms with van der Waals surface area (Å²) in [5.41, 5.74) is 1.57. The third kappa shape index (κ3) is 4.16. The molecule has 2 rings (SSSR count). The molecular weight excluding hydrogens is 276 g/mol. The van der Waals surface area contributed by atoms with Gasteiger partial charge in [0.25, 0.3) is 0 Å². The highest BCUT2D eigenvalue weighted by Gasteiger charge is 2.09. The van der Waals surface area contributed by atoms with Gasteiger partial charge in [0, 0.05) is 6.54 Å². The number of hydrogen-bond acceptors (Lipinski definition) is 3. The summed E-state index contributed by atoms with van der Waals surface area (Å²) in [6.07, 6.45) is 0.778. The Balaban J connectivity index is 1.84. The smallest absolute Gasteiger partial charge is 0.187 e. The molecule has 0 atom stereocenters. The number of phenolic OH excluding ortho intramolecular Hbond substituents is 1. The van der Waals surface area contributed by atoms with Crippen LogP contribution in [0.2, 0.25) is 0 Å². The SMILES string of the molecule is COc1cccc(CCNCc2cc(F)c(O)c(F)c2)c1. The van der Waals surface area contributed by atoms with Crippen LogP contribution in [0.4, 0.5) is 8.78 Å². The summed E-state index contributed by atoms with van der Waals surface area (Å²) < 4.78 is 31.5. The van der Waals surface area contributed by atoms with E-state index in [9.17, 15) is 8.78 Å². The number of methoxy groups -OCH3 is 1. The van der Waals surface area contributed by atoms with Gasteiger partial charge >= 0.3 is 0 Å². The summed E-state index contributed by atoms with van der Waals surface area (Å²) in [5.74, 6) is -2.02. The summed E-state index contributed by atoms with van der Waals surface area (Å²) in [5, 5.41) is 12.1. The molecule has 0 heterocycles. The number of benzene rings is 2. The van der Waals surface area contributed by atoms with Gasteiger partial charge in [-0.2, -0.15) is 0 Å². The summed E-state index contributed by atoms with van der Waals surface area (Å²) in [7, 11) is 1.62. The highest BCUT2D eigenvalue weighted by Crippen LogP contribution is 2.21. The van der Waals surface area contributed by atoms with Crippen LogP contribution >= 0.6 is 0 Å². The van der Waals surface area contributed by atoms with Crippen LogP contribution in [0, 0.1) is 11.6 Å². The van der Waals surface area contributed by atoms with Crippen molar-refractivity contribution < 1.29 is 18.6 Å². The fourth-order valence-corrected chi connectivity index (χ4v) is 2.01. The fourth-order valence-electron chi connectivity index (χ4n) is 2.01. The molecule has 0 amide bonds. The van der Waals surface area contributed by atoms with Gasteiger partial charge in [-0.3, -0.25) is 0 Å². The second kappa shape index (κ2) is 7.04. The Bertz CT molecular complexity index is 594. The van der Waals surface area contributed by atoms with Crippen molar-refractivity contribution in [3.63, 3.8) is 0 Å². The lowest BCUT2D eigenvalue weighted by Crippen LogP contribution is -2.17. The maximum absolute atomic E-state index is 13.2. The molecule has 0 aromatic heterocycles. The molecule has 21 heavy (non-hydrogen) atoms. The maximum Gasteiger partial charge on any atom is 0.187 e. The van der Waals surface area contributed by atoms with Gasteiger partial charge in [0.1, 0.15) is 5.75 Å². The molecule has 0 saturated heterocycles. The van der Waals surface area contributed by atoms with Crippen molar-refractivity contribution >= 4 is 0 Å². The molecule has 0 aliphatic heterocycles. The zero-order valence-corrected chi connectivity index (χ0v) is 11.7. The molecule has 0 saturated carbocycles. The summed E-state index contributed by atoms with van der Waals surface area (Å²) in [6.45, 7) is 0.995. The predicted octanol–water partition coefficient (Wildman–Crippen LogP) is 3.01. The number of phenols is 1. The van der Waals surface area contributed by atoms with Crippen molar-refractivity contribution in [2.24, 2.45) is 0 Å². The van der Waals surface area contributed by atoms with Gasteiger partial charge in [0.15, 0.2) is 17.4 Å². The fraction of sp³-hybridized carbons (Fsp3) is 0.250. The van der Waals surface area contributed by atoms with Crippen LogP contribution in [0.3, 0.4) is 0 Å². The number of rotatable bonds is 6. The number of aromatic hydroxyl groups is 1. The Hall–Kier alpha value is -2.14. The van der Waals surface area contributed by atoms with Crippen molar-refractivity contribution in [1.82, 2.24) is 5.32 Å². The number of halogens is 2. The Labute approximate surface area is 122 Å². The van der Waals surface area contributed by atoms with Crippen molar-refractivity contribution in [1.29, 1.82) is 0 Å². The van der Waals surface area contributed by atoms with Gasteiger partial charge in [0.2, 0.25) is 0 Å². The van der Waals surface area contributed by atoms with E-state index in [0.29, 0.717) is 18.7 Å². The minimum Gasteiger partial charge on any atom is -0.503 e. The average Bonchev–Trinajstić information content (AvgIpc) is 2.49. The third-order valence-corrected chi connectivity index (χ3v) is 3.13. The first kappa shape index (κ1) is 15.3. The van der Waals surface area contributed by atoms with Crippen molar-refractivity contribution in [2.45, 2.75) is 13.0 Å². The van der Waals surface area contributed by atoms with E-state index in [1.165, 1.54) is 0 Å². The van der Waals surface area contributed by atoms with Crippen LogP contribution in [-0.4, -0.2) is 18.8 Å². The van der Waals surface area contributed by atoms with Crippen molar-refractivity contribution in [3.8, 4) is 11.5 Å². The zero-order valence-electron chi connectivity index (χ0n) is 11.7. The molecule has 0 aliphatic rings. The molecule has 2 N–H and O–H groups in total. The minimum atomic E-state index is -0.945. The average molecular weight is 293 g/mol. The van der Waals surface area contributed by atoms with Gasteiger partial charge in [-0.05, 0) is 48.4 Å². The Morgan fingerprint density at radius 1 is 1.10 bits per heavy atom. The number of nitrogens with one attached hydrogen (secondary N) is 1. The molecule has 5 heteroatoms. The topological polar surface area (TPSA) is 41.5 Å². The summed E-state index contributed by atoms with van der Waals surface area (Å²) in [6, 6.07) is 9.97. The van der Waals surface area contributed by atoms with Gasteiger partial charge in [-0.15, -0.1) is 0 Å². The van der Waals surface area contributed by atoms with E-state index < -0.39 is 17.4 Å². The molecule has 3 nitrogen and oxygen atoms in total. The first-order valence-electron chi connectivity index (χ1n) is 6.60. The first-order chi connectivity index (χ1) is 10.1. The maximum atomic E-state index is 13.2. The summed E-state index contributed by atoms with van der Waals surface area (Å²) in [4.78, 5) is 0. The normalized spacial score (nSPS) is 10.6. The zero-order chi connectivity index (χ0) is 15.2. The van der Waals surface area contributed by atoms with E-state index in [-0.39, 0.29) is 0 Å². The third-order valence-electron chi connectivity index (χ3n) is 3.13. The Kier molecular flexibility index (Phi) is 5.11. The number of hydrogen-bond donors (Lipinski definition) is 2. The van der Waals surface area contributed by atoms with Crippen molar-refractivity contribution in [3.05, 3.63) is 59.2 Å². The Morgan fingerprint density at radius 3 is 2.48 bits per heavy atom. The lowest BCUT2D eigenvalue weighted by atomic mass is 10.1. The molecule has 112 valence electrons. The molecule has 2 aromatic rings. The van der Waals surface area contributed by atoms with E-state index in [1.807, 2.05) is 24.3 Å². The van der Waals surface area contributed by atoms with Gasteiger partial charge in [0.05, 0.1) is 7.11 Å². The van der Waals surface area contributed by atoms with E-state index >= 15 is 0 Å². The van der Waals surface area contributed by atoms with Gasteiger partial charge in [-0.1, -0.05) is 12.1 Å². The molecule has 0 bridgehead atoms. The van der Waals surface area contributed by atoms with Crippen molar-refractivity contribution in [2.75, 3.05) is 13.7 Å². The molecule has 2 aromatic carbocycles.